The van der Waals surface area contributed by atoms with Gasteiger partial charge >= 0.3 is 0 Å². The van der Waals surface area contributed by atoms with E-state index in [4.69, 9.17) is 4.74 Å². The van der Waals surface area contributed by atoms with Crippen molar-refractivity contribution in [3.8, 4) is 5.75 Å². The molecule has 0 amide bonds. The summed E-state index contributed by atoms with van der Waals surface area (Å²) in [5, 5.41) is 3.71. The second-order valence-electron chi connectivity index (χ2n) is 6.80. The maximum absolute atomic E-state index is 5.75. The SMILES string of the molecule is CCNC(c1ccc(OC(C)C)cc1)C1CCCC(C)C1. The molecule has 1 aromatic rings. The third-order valence-corrected chi connectivity index (χ3v) is 4.48. The van der Waals surface area contributed by atoms with Crippen molar-refractivity contribution in [3.05, 3.63) is 29.8 Å². The van der Waals surface area contributed by atoms with Crippen LogP contribution in [0.1, 0.15) is 65.0 Å². The van der Waals surface area contributed by atoms with E-state index in [2.05, 4.69) is 57.3 Å². The minimum absolute atomic E-state index is 0.236. The van der Waals surface area contributed by atoms with Gasteiger partial charge < -0.3 is 10.1 Å². The summed E-state index contributed by atoms with van der Waals surface area (Å²) >= 11 is 0. The van der Waals surface area contributed by atoms with Crippen LogP contribution in [-0.4, -0.2) is 12.6 Å². The van der Waals surface area contributed by atoms with Crippen molar-refractivity contribution in [2.24, 2.45) is 11.8 Å². The Kier molecular flexibility index (Phi) is 6.10. The molecule has 1 aromatic carbocycles. The van der Waals surface area contributed by atoms with Crippen LogP contribution < -0.4 is 10.1 Å². The molecular formula is C19H31NO. The van der Waals surface area contributed by atoms with Crippen molar-refractivity contribution in [1.29, 1.82) is 0 Å². The largest absolute Gasteiger partial charge is 0.491 e. The molecule has 0 aliphatic heterocycles. The molecule has 3 unspecified atom stereocenters. The molecule has 2 nitrogen and oxygen atoms in total. The van der Waals surface area contributed by atoms with Gasteiger partial charge in [0, 0.05) is 6.04 Å². The maximum Gasteiger partial charge on any atom is 0.119 e. The summed E-state index contributed by atoms with van der Waals surface area (Å²) < 4.78 is 5.75. The van der Waals surface area contributed by atoms with E-state index < -0.39 is 0 Å². The highest BCUT2D eigenvalue weighted by Crippen LogP contribution is 2.37. The Hall–Kier alpha value is -1.02. The Morgan fingerprint density at radius 1 is 1.19 bits per heavy atom. The first-order valence-electron chi connectivity index (χ1n) is 8.60. The number of benzene rings is 1. The normalized spacial score (nSPS) is 24.0. The molecule has 1 N–H and O–H groups in total. The topological polar surface area (TPSA) is 21.3 Å². The summed E-state index contributed by atoms with van der Waals surface area (Å²) in [5.41, 5.74) is 1.41. The lowest BCUT2D eigenvalue weighted by Crippen LogP contribution is -2.31. The summed E-state index contributed by atoms with van der Waals surface area (Å²) in [5.74, 6) is 2.61. The van der Waals surface area contributed by atoms with Gasteiger partial charge in [-0.25, -0.2) is 0 Å². The predicted molar refractivity (Wildman–Crippen MR) is 89.7 cm³/mol. The van der Waals surface area contributed by atoms with E-state index in [1.54, 1.807) is 0 Å². The number of ether oxygens (including phenoxy) is 1. The van der Waals surface area contributed by atoms with Crippen molar-refractivity contribution >= 4 is 0 Å². The fourth-order valence-corrected chi connectivity index (χ4v) is 3.59. The zero-order valence-corrected chi connectivity index (χ0v) is 14.1. The molecule has 0 radical (unpaired) electrons. The molecule has 3 atom stereocenters. The molecule has 0 aromatic heterocycles. The molecule has 0 heterocycles. The molecule has 21 heavy (non-hydrogen) atoms. The Labute approximate surface area is 130 Å². The van der Waals surface area contributed by atoms with Crippen LogP contribution in [0.25, 0.3) is 0 Å². The van der Waals surface area contributed by atoms with Crippen LogP contribution in [0.4, 0.5) is 0 Å². The highest BCUT2D eigenvalue weighted by molar-refractivity contribution is 5.29. The third kappa shape index (κ3) is 4.74. The molecule has 1 aliphatic carbocycles. The molecule has 0 saturated heterocycles. The van der Waals surface area contributed by atoms with Crippen molar-refractivity contribution in [2.45, 2.75) is 65.5 Å². The summed E-state index contributed by atoms with van der Waals surface area (Å²) in [6.07, 6.45) is 5.71. The van der Waals surface area contributed by atoms with Gasteiger partial charge in [-0.15, -0.1) is 0 Å². The summed E-state index contributed by atoms with van der Waals surface area (Å²) in [7, 11) is 0. The van der Waals surface area contributed by atoms with E-state index in [0.717, 1.165) is 24.1 Å². The van der Waals surface area contributed by atoms with E-state index in [1.807, 2.05) is 0 Å². The van der Waals surface area contributed by atoms with Crippen LogP contribution in [0, 0.1) is 11.8 Å². The van der Waals surface area contributed by atoms with Crippen molar-refractivity contribution in [1.82, 2.24) is 5.32 Å². The van der Waals surface area contributed by atoms with Gasteiger partial charge in [-0.3, -0.25) is 0 Å². The van der Waals surface area contributed by atoms with Gasteiger partial charge in [0.1, 0.15) is 5.75 Å². The highest BCUT2D eigenvalue weighted by atomic mass is 16.5. The molecule has 1 saturated carbocycles. The van der Waals surface area contributed by atoms with Gasteiger partial charge in [0.25, 0.3) is 0 Å². The second-order valence-corrected chi connectivity index (χ2v) is 6.80. The summed E-state index contributed by atoms with van der Waals surface area (Å²) in [6, 6.07) is 9.21. The molecule has 0 bridgehead atoms. The van der Waals surface area contributed by atoms with E-state index in [0.29, 0.717) is 6.04 Å². The van der Waals surface area contributed by atoms with Gasteiger partial charge in [-0.2, -0.15) is 0 Å². The summed E-state index contributed by atoms with van der Waals surface area (Å²) in [4.78, 5) is 0. The molecule has 0 spiro atoms. The van der Waals surface area contributed by atoms with Gasteiger partial charge in [0.05, 0.1) is 6.10 Å². The Balaban J connectivity index is 2.09. The van der Waals surface area contributed by atoms with Crippen molar-refractivity contribution in [2.75, 3.05) is 6.54 Å². The fourth-order valence-electron chi connectivity index (χ4n) is 3.59. The molecule has 2 rings (SSSR count). The van der Waals surface area contributed by atoms with E-state index in [9.17, 15) is 0 Å². The Morgan fingerprint density at radius 2 is 1.90 bits per heavy atom. The van der Waals surface area contributed by atoms with E-state index in [1.165, 1.54) is 31.2 Å². The molecular weight excluding hydrogens is 258 g/mol. The quantitative estimate of drug-likeness (QED) is 0.800. The van der Waals surface area contributed by atoms with Crippen LogP contribution in [0.5, 0.6) is 5.75 Å². The molecule has 1 fully saturated rings. The average Bonchev–Trinajstić information content (AvgIpc) is 2.45. The lowest BCUT2D eigenvalue weighted by molar-refractivity contribution is 0.224. The smallest absolute Gasteiger partial charge is 0.119 e. The number of nitrogens with one attached hydrogen (secondary N) is 1. The van der Waals surface area contributed by atoms with Gasteiger partial charge in [0.15, 0.2) is 0 Å². The molecule has 1 aliphatic rings. The zero-order valence-electron chi connectivity index (χ0n) is 14.1. The minimum atomic E-state index is 0.236. The fraction of sp³-hybridized carbons (Fsp3) is 0.684. The van der Waals surface area contributed by atoms with Gasteiger partial charge in [-0.1, -0.05) is 38.8 Å². The Morgan fingerprint density at radius 3 is 2.48 bits per heavy atom. The second kappa shape index (κ2) is 7.84. The van der Waals surface area contributed by atoms with Crippen LogP contribution in [0.2, 0.25) is 0 Å². The Bertz CT molecular complexity index is 412. The van der Waals surface area contributed by atoms with Crippen LogP contribution >= 0.6 is 0 Å². The third-order valence-electron chi connectivity index (χ3n) is 4.48. The maximum atomic E-state index is 5.75. The first-order chi connectivity index (χ1) is 10.1. The van der Waals surface area contributed by atoms with Crippen molar-refractivity contribution in [3.63, 3.8) is 0 Å². The van der Waals surface area contributed by atoms with Gasteiger partial charge in [0.2, 0.25) is 0 Å². The number of hydrogen-bond donors (Lipinski definition) is 1. The monoisotopic (exact) mass is 289 g/mol. The highest BCUT2D eigenvalue weighted by Gasteiger charge is 2.27. The standard InChI is InChI=1S/C19H31NO/c1-5-20-19(17-8-6-7-15(4)13-17)16-9-11-18(12-10-16)21-14(2)3/h9-12,14-15,17,19-20H,5-8,13H2,1-4H3. The summed E-state index contributed by atoms with van der Waals surface area (Å²) in [6.45, 7) is 9.77. The zero-order chi connectivity index (χ0) is 15.2. The van der Waals surface area contributed by atoms with E-state index >= 15 is 0 Å². The lowest BCUT2D eigenvalue weighted by atomic mass is 9.76. The molecule has 118 valence electrons. The lowest BCUT2D eigenvalue weighted by Gasteiger charge is -2.34. The molecule has 2 heteroatoms. The predicted octanol–water partition coefficient (Wildman–Crippen LogP) is 4.95. The van der Waals surface area contributed by atoms with Crippen LogP contribution in [0.15, 0.2) is 24.3 Å². The average molecular weight is 289 g/mol. The van der Waals surface area contributed by atoms with Crippen molar-refractivity contribution < 1.29 is 4.74 Å². The first-order valence-corrected chi connectivity index (χ1v) is 8.60. The van der Waals surface area contributed by atoms with Crippen LogP contribution in [0.3, 0.4) is 0 Å². The van der Waals surface area contributed by atoms with Crippen LogP contribution in [-0.2, 0) is 0 Å². The van der Waals surface area contributed by atoms with Gasteiger partial charge in [-0.05, 0) is 62.8 Å². The van der Waals surface area contributed by atoms with E-state index in [-0.39, 0.29) is 6.10 Å². The number of rotatable bonds is 6. The minimum Gasteiger partial charge on any atom is -0.491 e. The first kappa shape index (κ1) is 16.4. The number of hydrogen-bond acceptors (Lipinski definition) is 2.